The van der Waals surface area contributed by atoms with Gasteiger partial charge in [0, 0.05) is 55.7 Å². The van der Waals surface area contributed by atoms with Gasteiger partial charge in [0.05, 0.1) is 13.3 Å². The van der Waals surface area contributed by atoms with E-state index in [1.54, 1.807) is 30.6 Å². The third kappa shape index (κ3) is 5.93. The summed E-state index contributed by atoms with van der Waals surface area (Å²) in [6, 6.07) is 25.8. The van der Waals surface area contributed by atoms with Crippen molar-refractivity contribution < 1.29 is 14.3 Å². The molecule has 1 aromatic heterocycles. The Morgan fingerprint density at radius 3 is 2.46 bits per heavy atom. The lowest BCUT2D eigenvalue weighted by Gasteiger charge is -2.36. The number of esters is 1. The molecule has 4 aromatic rings. The van der Waals surface area contributed by atoms with Crippen LogP contribution in [0.2, 0.25) is 5.02 Å². The fraction of sp³-hybridized carbons (Fsp3) is 0.200. The molecule has 0 amide bonds. The number of hydrogen-bond donors (Lipinski definition) is 0. The molecular weight excluding hydrogens is 486 g/mol. The number of carbonyl (C=O) groups excluding carboxylic acids is 1. The van der Waals surface area contributed by atoms with Gasteiger partial charge in [0.1, 0.15) is 17.1 Å². The van der Waals surface area contributed by atoms with Crippen LogP contribution < -0.4 is 9.64 Å². The summed E-state index contributed by atoms with van der Waals surface area (Å²) in [6.45, 7) is 4.46. The molecule has 6 nitrogen and oxygen atoms in total. The van der Waals surface area contributed by atoms with Crippen LogP contribution in [-0.2, 0) is 11.3 Å². The summed E-state index contributed by atoms with van der Waals surface area (Å²) >= 11 is 6.09. The van der Waals surface area contributed by atoms with Crippen molar-refractivity contribution in [2.75, 3.05) is 38.2 Å². The van der Waals surface area contributed by atoms with E-state index in [0.29, 0.717) is 17.1 Å². The van der Waals surface area contributed by atoms with Crippen LogP contribution >= 0.6 is 11.6 Å². The summed E-state index contributed by atoms with van der Waals surface area (Å²) in [6.07, 6.45) is 3.30. The number of piperazine rings is 1. The minimum absolute atomic E-state index is 0.382. The maximum Gasteiger partial charge on any atom is 0.341 e. The van der Waals surface area contributed by atoms with E-state index in [1.807, 2.05) is 24.3 Å². The Labute approximate surface area is 222 Å². The third-order valence-corrected chi connectivity index (χ3v) is 6.79. The SMILES string of the molecule is COC(=O)c1ccc(N2CCN(Cc3ccccc3-c3ccc(Cl)cc3)CC2)cc1Oc1cccnc1. The molecule has 188 valence electrons. The average Bonchev–Trinajstić information content (AvgIpc) is 2.94. The minimum atomic E-state index is -0.436. The zero-order valence-electron chi connectivity index (χ0n) is 20.6. The average molecular weight is 514 g/mol. The van der Waals surface area contributed by atoms with Crippen molar-refractivity contribution in [1.29, 1.82) is 0 Å². The maximum absolute atomic E-state index is 12.3. The number of nitrogens with zero attached hydrogens (tertiary/aromatic N) is 3. The highest BCUT2D eigenvalue weighted by Gasteiger charge is 2.21. The van der Waals surface area contributed by atoms with Gasteiger partial charge in [-0.15, -0.1) is 0 Å². The van der Waals surface area contributed by atoms with E-state index >= 15 is 0 Å². The van der Waals surface area contributed by atoms with Crippen LogP contribution in [0, 0.1) is 0 Å². The van der Waals surface area contributed by atoms with Crippen molar-refractivity contribution in [1.82, 2.24) is 9.88 Å². The van der Waals surface area contributed by atoms with Gasteiger partial charge in [0.15, 0.2) is 0 Å². The van der Waals surface area contributed by atoms with Crippen molar-refractivity contribution in [3.8, 4) is 22.6 Å². The lowest BCUT2D eigenvalue weighted by Crippen LogP contribution is -2.46. The lowest BCUT2D eigenvalue weighted by molar-refractivity contribution is 0.0598. The quantitative estimate of drug-likeness (QED) is 0.270. The van der Waals surface area contributed by atoms with Gasteiger partial charge in [-0.2, -0.15) is 0 Å². The topological polar surface area (TPSA) is 54.9 Å². The number of aromatic nitrogens is 1. The Hall–Kier alpha value is -3.87. The highest BCUT2D eigenvalue weighted by Crippen LogP contribution is 2.31. The molecule has 1 fully saturated rings. The van der Waals surface area contributed by atoms with E-state index in [0.717, 1.165) is 43.4 Å². The number of methoxy groups -OCH3 is 1. The van der Waals surface area contributed by atoms with Crippen LogP contribution in [0.15, 0.2) is 91.3 Å². The molecule has 3 aromatic carbocycles. The molecule has 1 aliphatic rings. The summed E-state index contributed by atoms with van der Waals surface area (Å²) in [4.78, 5) is 21.2. The summed E-state index contributed by atoms with van der Waals surface area (Å²) in [5.41, 5.74) is 5.09. The molecule has 0 unspecified atom stereocenters. The highest BCUT2D eigenvalue weighted by molar-refractivity contribution is 6.30. The fourth-order valence-corrected chi connectivity index (χ4v) is 4.71. The first kappa shape index (κ1) is 24.8. The van der Waals surface area contributed by atoms with Gasteiger partial charge >= 0.3 is 5.97 Å². The predicted molar refractivity (Wildman–Crippen MR) is 146 cm³/mol. The van der Waals surface area contributed by atoms with Crippen LogP contribution in [0.25, 0.3) is 11.1 Å². The van der Waals surface area contributed by atoms with Gasteiger partial charge < -0.3 is 14.4 Å². The number of carbonyl (C=O) groups is 1. The number of rotatable bonds is 7. The Bertz CT molecular complexity index is 1350. The number of ether oxygens (including phenoxy) is 2. The van der Waals surface area contributed by atoms with E-state index in [9.17, 15) is 4.79 Å². The molecule has 1 saturated heterocycles. The van der Waals surface area contributed by atoms with Gasteiger partial charge in [-0.05, 0) is 53.1 Å². The number of anilines is 1. The highest BCUT2D eigenvalue weighted by atomic mass is 35.5. The minimum Gasteiger partial charge on any atom is -0.465 e. The van der Waals surface area contributed by atoms with E-state index < -0.39 is 5.97 Å². The van der Waals surface area contributed by atoms with E-state index in [2.05, 4.69) is 51.2 Å². The van der Waals surface area contributed by atoms with Crippen LogP contribution in [0.3, 0.4) is 0 Å². The molecule has 0 radical (unpaired) electrons. The smallest absolute Gasteiger partial charge is 0.341 e. The molecular formula is C30H28ClN3O3. The van der Waals surface area contributed by atoms with E-state index in [-0.39, 0.29) is 0 Å². The number of hydrogen-bond acceptors (Lipinski definition) is 6. The van der Waals surface area contributed by atoms with Crippen molar-refractivity contribution >= 4 is 23.3 Å². The molecule has 1 aliphatic heterocycles. The van der Waals surface area contributed by atoms with Crippen LogP contribution in [0.4, 0.5) is 5.69 Å². The second-order valence-electron chi connectivity index (χ2n) is 8.89. The van der Waals surface area contributed by atoms with Gasteiger partial charge in [-0.3, -0.25) is 9.88 Å². The Balaban J connectivity index is 1.29. The molecule has 0 N–H and O–H groups in total. The third-order valence-electron chi connectivity index (χ3n) is 6.54. The lowest BCUT2D eigenvalue weighted by atomic mass is 9.99. The van der Waals surface area contributed by atoms with Crippen LogP contribution in [0.5, 0.6) is 11.5 Å². The van der Waals surface area contributed by atoms with Crippen molar-refractivity contribution in [2.45, 2.75) is 6.54 Å². The molecule has 0 saturated carbocycles. The van der Waals surface area contributed by atoms with Crippen molar-refractivity contribution in [3.63, 3.8) is 0 Å². The van der Waals surface area contributed by atoms with Gasteiger partial charge in [0.25, 0.3) is 0 Å². The number of pyridine rings is 1. The molecule has 0 bridgehead atoms. The molecule has 37 heavy (non-hydrogen) atoms. The molecule has 2 heterocycles. The van der Waals surface area contributed by atoms with Gasteiger partial charge in [0.2, 0.25) is 0 Å². The van der Waals surface area contributed by atoms with E-state index in [1.165, 1.54) is 23.8 Å². The second-order valence-corrected chi connectivity index (χ2v) is 9.33. The first-order chi connectivity index (χ1) is 18.1. The first-order valence-corrected chi connectivity index (χ1v) is 12.6. The van der Waals surface area contributed by atoms with Crippen molar-refractivity contribution in [2.24, 2.45) is 0 Å². The summed E-state index contributed by atoms with van der Waals surface area (Å²) in [5.74, 6) is 0.584. The Morgan fingerprint density at radius 2 is 1.73 bits per heavy atom. The van der Waals surface area contributed by atoms with Gasteiger partial charge in [-0.1, -0.05) is 48.0 Å². The van der Waals surface area contributed by atoms with Crippen LogP contribution in [-0.4, -0.2) is 49.1 Å². The fourth-order valence-electron chi connectivity index (χ4n) is 4.58. The number of benzene rings is 3. The molecule has 0 spiro atoms. The standard InChI is InChI=1S/C30H28ClN3O3/c1-36-30(35)28-13-12-25(19-29(28)37-26-6-4-14-32-20-26)34-17-15-33(16-18-34)21-23-5-2-3-7-27(23)22-8-10-24(31)11-9-22/h2-14,19-20H,15-18,21H2,1H3. The largest absolute Gasteiger partial charge is 0.465 e. The zero-order valence-corrected chi connectivity index (χ0v) is 21.4. The second kappa shape index (κ2) is 11.5. The summed E-state index contributed by atoms with van der Waals surface area (Å²) in [7, 11) is 1.37. The Morgan fingerprint density at radius 1 is 0.946 bits per heavy atom. The first-order valence-electron chi connectivity index (χ1n) is 12.2. The van der Waals surface area contributed by atoms with E-state index in [4.69, 9.17) is 21.1 Å². The van der Waals surface area contributed by atoms with Crippen LogP contribution in [0.1, 0.15) is 15.9 Å². The molecule has 0 atom stereocenters. The molecule has 5 rings (SSSR count). The van der Waals surface area contributed by atoms with Crippen molar-refractivity contribution in [3.05, 3.63) is 107 Å². The maximum atomic E-state index is 12.3. The predicted octanol–water partition coefficient (Wildman–Crippen LogP) is 6.30. The monoisotopic (exact) mass is 513 g/mol. The molecule has 7 heteroatoms. The molecule has 0 aliphatic carbocycles. The normalized spacial score (nSPS) is 13.8. The van der Waals surface area contributed by atoms with Gasteiger partial charge in [-0.25, -0.2) is 4.79 Å². The Kier molecular flexibility index (Phi) is 7.68. The summed E-state index contributed by atoms with van der Waals surface area (Å²) < 4.78 is 11.0. The zero-order chi connectivity index (χ0) is 25.6. The number of halogens is 1. The summed E-state index contributed by atoms with van der Waals surface area (Å²) in [5, 5.41) is 0.742.